The van der Waals surface area contributed by atoms with E-state index in [4.69, 9.17) is 26.6 Å². The van der Waals surface area contributed by atoms with E-state index in [1.54, 1.807) is 0 Å². The van der Waals surface area contributed by atoms with E-state index in [1.807, 2.05) is 24.3 Å². The van der Waals surface area contributed by atoms with Crippen molar-refractivity contribution in [3.05, 3.63) is 35.0 Å². The van der Waals surface area contributed by atoms with E-state index < -0.39 is 0 Å². The molecule has 1 saturated heterocycles. The highest BCUT2D eigenvalue weighted by Crippen LogP contribution is 2.35. The van der Waals surface area contributed by atoms with E-state index in [9.17, 15) is 0 Å². The molecule has 1 fully saturated rings. The van der Waals surface area contributed by atoms with Crippen molar-refractivity contribution >= 4 is 22.6 Å². The second-order valence-corrected chi connectivity index (χ2v) is 5.46. The zero-order valence-electron chi connectivity index (χ0n) is 10.7. The lowest BCUT2D eigenvalue weighted by atomic mass is 9.96. The molecular formula is C14H17ClN2O2. The van der Waals surface area contributed by atoms with Gasteiger partial charge >= 0.3 is 0 Å². The fourth-order valence-electron chi connectivity index (χ4n) is 2.68. The maximum absolute atomic E-state index is 6.13. The van der Waals surface area contributed by atoms with Crippen LogP contribution >= 0.6 is 11.6 Å². The van der Waals surface area contributed by atoms with Gasteiger partial charge in [-0.05, 0) is 24.5 Å². The average Bonchev–Trinajstić information content (AvgIpc) is 2.99. The Morgan fingerprint density at radius 3 is 2.95 bits per heavy atom. The van der Waals surface area contributed by atoms with Crippen molar-refractivity contribution in [2.24, 2.45) is 11.8 Å². The number of nitrogens with two attached hydrogens (primary N) is 1. The predicted octanol–water partition coefficient (Wildman–Crippen LogP) is 3.02. The van der Waals surface area contributed by atoms with Gasteiger partial charge in [0.15, 0.2) is 5.58 Å². The molecule has 0 amide bonds. The summed E-state index contributed by atoms with van der Waals surface area (Å²) in [5, 5.41) is 1.59. The van der Waals surface area contributed by atoms with Crippen molar-refractivity contribution in [3.63, 3.8) is 0 Å². The quantitative estimate of drug-likeness (QED) is 0.670. The molecular weight excluding hydrogens is 264 g/mol. The van der Waals surface area contributed by atoms with Crippen molar-refractivity contribution in [1.82, 2.24) is 5.43 Å². The summed E-state index contributed by atoms with van der Waals surface area (Å²) in [6, 6.07) is 7.52. The normalized spacial score (nSPS) is 25.0. The van der Waals surface area contributed by atoms with Crippen molar-refractivity contribution in [2.75, 3.05) is 6.61 Å². The van der Waals surface area contributed by atoms with Gasteiger partial charge in [-0.2, -0.15) is 0 Å². The van der Waals surface area contributed by atoms with Crippen LogP contribution in [0.2, 0.25) is 5.02 Å². The number of benzene rings is 1. The van der Waals surface area contributed by atoms with Crippen molar-refractivity contribution in [2.45, 2.75) is 25.5 Å². The Bertz CT molecular complexity index is 584. The first kappa shape index (κ1) is 12.9. The first-order chi connectivity index (χ1) is 9.20. The fourth-order valence-corrected chi connectivity index (χ4v) is 2.90. The van der Waals surface area contributed by atoms with Gasteiger partial charge < -0.3 is 9.15 Å². The monoisotopic (exact) mass is 280 g/mol. The molecule has 19 heavy (non-hydrogen) atoms. The summed E-state index contributed by atoms with van der Waals surface area (Å²) in [6.07, 6.45) is 1.08. The number of fused-ring (bicyclic) bond motifs is 1. The minimum absolute atomic E-state index is 0.0318. The standard InChI is InChI=1S/C14H17ClN2O2/c1-8-5-6-18-13(8)12(17-16)11-7-9-3-2-4-10(15)14(9)19-11/h2-4,7-8,12-13,17H,5-6,16H2,1H3. The van der Waals surface area contributed by atoms with Crippen LogP contribution in [0.4, 0.5) is 0 Å². The van der Waals surface area contributed by atoms with Gasteiger partial charge in [0, 0.05) is 12.0 Å². The molecule has 0 aliphatic carbocycles. The van der Waals surface area contributed by atoms with Crippen LogP contribution in [0.1, 0.15) is 25.1 Å². The third kappa shape index (κ3) is 2.25. The smallest absolute Gasteiger partial charge is 0.152 e. The minimum Gasteiger partial charge on any atom is -0.458 e. The molecule has 1 aromatic heterocycles. The Kier molecular flexibility index (Phi) is 3.50. The number of furan rings is 1. The van der Waals surface area contributed by atoms with E-state index in [0.29, 0.717) is 16.5 Å². The predicted molar refractivity (Wildman–Crippen MR) is 74.8 cm³/mol. The summed E-state index contributed by atoms with van der Waals surface area (Å²) in [6.45, 7) is 2.93. The lowest BCUT2D eigenvalue weighted by Gasteiger charge is -2.23. The Morgan fingerprint density at radius 2 is 2.32 bits per heavy atom. The minimum atomic E-state index is -0.152. The highest BCUT2D eigenvalue weighted by molar-refractivity contribution is 6.34. The number of para-hydroxylation sites is 1. The summed E-state index contributed by atoms with van der Waals surface area (Å²) in [7, 11) is 0. The number of hydrogen-bond acceptors (Lipinski definition) is 4. The largest absolute Gasteiger partial charge is 0.458 e. The number of halogens is 1. The molecule has 2 aromatic rings. The molecule has 2 heterocycles. The van der Waals surface area contributed by atoms with Crippen molar-refractivity contribution < 1.29 is 9.15 Å². The van der Waals surface area contributed by atoms with Gasteiger partial charge in [0.05, 0.1) is 11.1 Å². The van der Waals surface area contributed by atoms with E-state index in [-0.39, 0.29) is 12.1 Å². The zero-order valence-corrected chi connectivity index (χ0v) is 11.5. The highest BCUT2D eigenvalue weighted by Gasteiger charge is 2.34. The van der Waals surface area contributed by atoms with Gasteiger partial charge in [0.2, 0.25) is 0 Å². The number of ether oxygens (including phenoxy) is 1. The number of hydrogen-bond donors (Lipinski definition) is 2. The van der Waals surface area contributed by atoms with Crippen LogP contribution in [0, 0.1) is 5.92 Å². The molecule has 0 radical (unpaired) electrons. The van der Waals surface area contributed by atoms with E-state index in [1.165, 1.54) is 0 Å². The second-order valence-electron chi connectivity index (χ2n) is 5.05. The molecule has 1 aromatic carbocycles. The SMILES string of the molecule is CC1CCOC1C(NN)c1cc2cccc(Cl)c2o1. The molecule has 5 heteroatoms. The fraction of sp³-hybridized carbons (Fsp3) is 0.429. The van der Waals surface area contributed by atoms with Gasteiger partial charge in [-0.1, -0.05) is 30.7 Å². The Balaban J connectivity index is 1.99. The molecule has 102 valence electrons. The summed E-state index contributed by atoms with van der Waals surface area (Å²) >= 11 is 6.13. The van der Waals surface area contributed by atoms with Crippen molar-refractivity contribution in [3.8, 4) is 0 Å². The summed E-state index contributed by atoms with van der Waals surface area (Å²) in [4.78, 5) is 0. The average molecular weight is 281 g/mol. The topological polar surface area (TPSA) is 60.4 Å². The Morgan fingerprint density at radius 1 is 1.47 bits per heavy atom. The van der Waals surface area contributed by atoms with E-state index in [2.05, 4.69) is 12.3 Å². The maximum Gasteiger partial charge on any atom is 0.152 e. The highest BCUT2D eigenvalue weighted by atomic mass is 35.5. The zero-order chi connectivity index (χ0) is 13.4. The lowest BCUT2D eigenvalue weighted by Crippen LogP contribution is -2.38. The second kappa shape index (κ2) is 5.13. The first-order valence-corrected chi connectivity index (χ1v) is 6.84. The van der Waals surface area contributed by atoms with Gasteiger partial charge in [-0.25, -0.2) is 5.43 Å². The summed E-state index contributed by atoms with van der Waals surface area (Å²) in [5.74, 6) is 6.90. The molecule has 3 unspecified atom stereocenters. The third-order valence-electron chi connectivity index (χ3n) is 3.77. The molecule has 4 nitrogen and oxygen atoms in total. The summed E-state index contributed by atoms with van der Waals surface area (Å²) in [5.41, 5.74) is 3.51. The Hall–Kier alpha value is -1.07. The van der Waals surface area contributed by atoms with Crippen molar-refractivity contribution in [1.29, 1.82) is 0 Å². The molecule has 3 atom stereocenters. The van der Waals surface area contributed by atoms with Crippen LogP contribution in [0.25, 0.3) is 11.0 Å². The number of hydrazine groups is 1. The van der Waals surface area contributed by atoms with Crippen LogP contribution in [-0.4, -0.2) is 12.7 Å². The molecule has 1 aliphatic rings. The molecule has 3 N–H and O–H groups in total. The van der Waals surface area contributed by atoms with Crippen LogP contribution in [0.3, 0.4) is 0 Å². The molecule has 1 aliphatic heterocycles. The number of nitrogens with one attached hydrogen (secondary N) is 1. The van der Waals surface area contributed by atoms with Gasteiger partial charge in [-0.15, -0.1) is 0 Å². The van der Waals surface area contributed by atoms with E-state index >= 15 is 0 Å². The van der Waals surface area contributed by atoms with E-state index in [0.717, 1.165) is 24.2 Å². The third-order valence-corrected chi connectivity index (χ3v) is 4.07. The van der Waals surface area contributed by atoms with Crippen LogP contribution in [0.15, 0.2) is 28.7 Å². The molecule has 0 bridgehead atoms. The number of rotatable bonds is 3. The molecule has 0 spiro atoms. The Labute approximate surface area is 116 Å². The molecule has 3 rings (SSSR count). The van der Waals surface area contributed by atoms with Crippen LogP contribution in [0.5, 0.6) is 0 Å². The van der Waals surface area contributed by atoms with Gasteiger partial charge in [0.1, 0.15) is 11.8 Å². The lowest BCUT2D eigenvalue weighted by molar-refractivity contribution is 0.0544. The van der Waals surface area contributed by atoms with Crippen LogP contribution < -0.4 is 11.3 Å². The first-order valence-electron chi connectivity index (χ1n) is 6.46. The maximum atomic E-state index is 6.13. The van der Waals surface area contributed by atoms with Crippen LogP contribution in [-0.2, 0) is 4.74 Å². The van der Waals surface area contributed by atoms with Gasteiger partial charge in [-0.3, -0.25) is 5.84 Å². The molecule has 0 saturated carbocycles. The summed E-state index contributed by atoms with van der Waals surface area (Å²) < 4.78 is 11.6. The van der Waals surface area contributed by atoms with Gasteiger partial charge in [0.25, 0.3) is 0 Å².